The van der Waals surface area contributed by atoms with Gasteiger partial charge in [0.25, 0.3) is 11.5 Å². The van der Waals surface area contributed by atoms with E-state index in [9.17, 15) is 18.0 Å². The van der Waals surface area contributed by atoms with Crippen LogP contribution in [0.2, 0.25) is 0 Å². The summed E-state index contributed by atoms with van der Waals surface area (Å²) in [7, 11) is -1.55. The number of hydrogen-bond acceptors (Lipinski definition) is 4. The molecule has 1 aromatic heterocycles. The SMILES string of the molecule is Cc1c(NC(=O)c2ccc(N3CCCCS3(=O)=O)cc2)c(=O)n(-c2ccccc2)n1C. The number of aromatic nitrogens is 2. The van der Waals surface area contributed by atoms with Crippen molar-refractivity contribution in [2.24, 2.45) is 7.05 Å². The number of sulfonamides is 1. The minimum atomic E-state index is -3.31. The summed E-state index contributed by atoms with van der Waals surface area (Å²) in [5.74, 6) is -0.296. The molecule has 0 aliphatic carbocycles. The van der Waals surface area contributed by atoms with Gasteiger partial charge in [0.05, 0.1) is 22.8 Å². The van der Waals surface area contributed by atoms with Crippen LogP contribution >= 0.6 is 0 Å². The summed E-state index contributed by atoms with van der Waals surface area (Å²) in [5.41, 5.74) is 2.09. The molecule has 9 heteroatoms. The lowest BCUT2D eigenvalue weighted by Gasteiger charge is -2.28. The zero-order valence-corrected chi connectivity index (χ0v) is 18.2. The molecule has 1 N–H and O–H groups in total. The summed E-state index contributed by atoms with van der Waals surface area (Å²) in [5, 5.41) is 2.72. The zero-order valence-electron chi connectivity index (χ0n) is 17.4. The maximum Gasteiger partial charge on any atom is 0.295 e. The van der Waals surface area contributed by atoms with Gasteiger partial charge in [0.2, 0.25) is 10.0 Å². The Bertz CT molecular complexity index is 1280. The molecule has 162 valence electrons. The second-order valence-corrected chi connectivity index (χ2v) is 9.55. The molecule has 3 aromatic rings. The van der Waals surface area contributed by atoms with E-state index in [1.54, 1.807) is 42.9 Å². The van der Waals surface area contributed by atoms with Crippen LogP contribution in [0.25, 0.3) is 5.69 Å². The summed E-state index contributed by atoms with van der Waals surface area (Å²) >= 11 is 0. The Morgan fingerprint density at radius 3 is 2.29 bits per heavy atom. The van der Waals surface area contributed by atoms with Crippen LogP contribution in [0.1, 0.15) is 28.9 Å². The zero-order chi connectivity index (χ0) is 22.2. The molecule has 2 heterocycles. The van der Waals surface area contributed by atoms with E-state index in [2.05, 4.69) is 5.32 Å². The minimum absolute atomic E-state index is 0.135. The Balaban J connectivity index is 1.59. The quantitative estimate of drug-likeness (QED) is 0.675. The number of carbonyl (C=O) groups is 1. The second-order valence-electron chi connectivity index (χ2n) is 7.53. The molecule has 1 aliphatic rings. The van der Waals surface area contributed by atoms with Crippen LogP contribution < -0.4 is 15.2 Å². The monoisotopic (exact) mass is 440 g/mol. The fourth-order valence-electron chi connectivity index (χ4n) is 3.76. The predicted molar refractivity (Wildman–Crippen MR) is 121 cm³/mol. The van der Waals surface area contributed by atoms with E-state index in [4.69, 9.17) is 0 Å². The molecule has 8 nitrogen and oxygen atoms in total. The maximum absolute atomic E-state index is 13.0. The first kappa shape index (κ1) is 20.9. The van der Waals surface area contributed by atoms with Crippen molar-refractivity contribution in [3.63, 3.8) is 0 Å². The third-order valence-electron chi connectivity index (χ3n) is 5.56. The summed E-state index contributed by atoms with van der Waals surface area (Å²) in [6.45, 7) is 2.21. The molecule has 0 bridgehead atoms. The van der Waals surface area contributed by atoms with E-state index in [1.807, 2.05) is 30.3 Å². The minimum Gasteiger partial charge on any atom is -0.316 e. The van der Waals surface area contributed by atoms with Crippen LogP contribution in [0.4, 0.5) is 11.4 Å². The molecule has 1 aliphatic heterocycles. The standard InChI is InChI=1S/C22H24N4O4S/c1-16-20(22(28)26(24(16)2)19-8-4-3-5-9-19)23-21(27)17-10-12-18(13-11-17)25-14-6-7-15-31(25,29)30/h3-5,8-13H,6-7,14-15H2,1-2H3,(H,23,27). The molecule has 1 fully saturated rings. The molecule has 1 amide bonds. The van der Waals surface area contributed by atoms with Crippen molar-refractivity contribution < 1.29 is 13.2 Å². The van der Waals surface area contributed by atoms with Gasteiger partial charge >= 0.3 is 0 Å². The van der Waals surface area contributed by atoms with Crippen LogP contribution in [-0.2, 0) is 17.1 Å². The Kier molecular flexibility index (Phi) is 5.45. The third kappa shape index (κ3) is 3.88. The number of anilines is 2. The number of benzene rings is 2. The number of rotatable bonds is 4. The van der Waals surface area contributed by atoms with Crippen molar-refractivity contribution in [2.45, 2.75) is 19.8 Å². The number of nitrogens with zero attached hydrogens (tertiary/aromatic N) is 3. The largest absolute Gasteiger partial charge is 0.316 e. The molecular weight excluding hydrogens is 416 g/mol. The van der Waals surface area contributed by atoms with Crippen molar-refractivity contribution in [1.29, 1.82) is 0 Å². The van der Waals surface area contributed by atoms with Gasteiger partial charge in [0, 0.05) is 19.2 Å². The van der Waals surface area contributed by atoms with Gasteiger partial charge in [0.1, 0.15) is 5.69 Å². The van der Waals surface area contributed by atoms with Gasteiger partial charge in [-0.05, 0) is 56.2 Å². The highest BCUT2D eigenvalue weighted by Gasteiger charge is 2.26. The van der Waals surface area contributed by atoms with Crippen molar-refractivity contribution in [1.82, 2.24) is 9.36 Å². The highest BCUT2D eigenvalue weighted by Crippen LogP contribution is 2.24. The number of carbonyl (C=O) groups excluding carboxylic acids is 1. The van der Waals surface area contributed by atoms with Gasteiger partial charge in [-0.1, -0.05) is 18.2 Å². The van der Waals surface area contributed by atoms with Crippen LogP contribution in [0.5, 0.6) is 0 Å². The number of hydrogen-bond donors (Lipinski definition) is 1. The molecular formula is C22H24N4O4S. The first-order chi connectivity index (χ1) is 14.8. The fourth-order valence-corrected chi connectivity index (χ4v) is 5.40. The van der Waals surface area contributed by atoms with Gasteiger partial charge in [-0.25, -0.2) is 13.1 Å². The average molecular weight is 441 g/mol. The molecule has 1 saturated heterocycles. The summed E-state index contributed by atoms with van der Waals surface area (Å²) in [6.07, 6.45) is 1.47. The summed E-state index contributed by atoms with van der Waals surface area (Å²) in [6, 6.07) is 15.6. The average Bonchev–Trinajstić information content (AvgIpc) is 2.97. The molecule has 4 rings (SSSR count). The molecule has 0 saturated carbocycles. The van der Waals surface area contributed by atoms with Gasteiger partial charge in [-0.2, -0.15) is 0 Å². The molecule has 31 heavy (non-hydrogen) atoms. The van der Waals surface area contributed by atoms with E-state index < -0.39 is 15.9 Å². The topological polar surface area (TPSA) is 93.4 Å². The third-order valence-corrected chi connectivity index (χ3v) is 7.43. The Labute approximate surface area is 180 Å². The summed E-state index contributed by atoms with van der Waals surface area (Å²) < 4.78 is 29.1. The van der Waals surface area contributed by atoms with Crippen molar-refractivity contribution in [3.8, 4) is 5.69 Å². The fraction of sp³-hybridized carbons (Fsp3) is 0.273. The first-order valence-electron chi connectivity index (χ1n) is 10.1. The van der Waals surface area contributed by atoms with E-state index >= 15 is 0 Å². The lowest BCUT2D eigenvalue weighted by atomic mass is 10.2. The van der Waals surface area contributed by atoms with E-state index in [-0.39, 0.29) is 17.0 Å². The second kappa shape index (κ2) is 8.07. The van der Waals surface area contributed by atoms with E-state index in [0.717, 1.165) is 6.42 Å². The van der Waals surface area contributed by atoms with Crippen LogP contribution in [0.3, 0.4) is 0 Å². The van der Waals surface area contributed by atoms with Crippen LogP contribution in [-0.4, -0.2) is 36.0 Å². The smallest absolute Gasteiger partial charge is 0.295 e. The van der Waals surface area contributed by atoms with E-state index in [0.29, 0.717) is 35.6 Å². The lowest BCUT2D eigenvalue weighted by Crippen LogP contribution is -2.37. The van der Waals surface area contributed by atoms with Gasteiger partial charge in [-0.3, -0.25) is 18.6 Å². The number of para-hydroxylation sites is 1. The highest BCUT2D eigenvalue weighted by molar-refractivity contribution is 7.92. The lowest BCUT2D eigenvalue weighted by molar-refractivity contribution is 0.102. The molecule has 0 atom stereocenters. The van der Waals surface area contributed by atoms with E-state index in [1.165, 1.54) is 8.99 Å². The normalized spacial score (nSPS) is 15.6. The number of amides is 1. The molecule has 2 aromatic carbocycles. The van der Waals surface area contributed by atoms with Crippen molar-refractivity contribution in [3.05, 3.63) is 76.2 Å². The maximum atomic E-state index is 13.0. The van der Waals surface area contributed by atoms with Gasteiger partial charge in [-0.15, -0.1) is 0 Å². The number of nitrogens with one attached hydrogen (secondary N) is 1. The molecule has 0 unspecified atom stereocenters. The summed E-state index contributed by atoms with van der Waals surface area (Å²) in [4.78, 5) is 25.8. The Morgan fingerprint density at radius 1 is 0.968 bits per heavy atom. The van der Waals surface area contributed by atoms with Crippen LogP contribution in [0.15, 0.2) is 59.4 Å². The van der Waals surface area contributed by atoms with Crippen LogP contribution in [0, 0.1) is 6.92 Å². The van der Waals surface area contributed by atoms with Crippen molar-refractivity contribution >= 4 is 27.3 Å². The highest BCUT2D eigenvalue weighted by atomic mass is 32.2. The molecule has 0 radical (unpaired) electrons. The van der Waals surface area contributed by atoms with Crippen molar-refractivity contribution in [2.75, 3.05) is 21.9 Å². The van der Waals surface area contributed by atoms with Gasteiger partial charge < -0.3 is 5.32 Å². The Morgan fingerprint density at radius 2 is 1.65 bits per heavy atom. The predicted octanol–water partition coefficient (Wildman–Crippen LogP) is 2.67. The Hall–Kier alpha value is -3.33. The van der Waals surface area contributed by atoms with Gasteiger partial charge in [0.15, 0.2) is 0 Å². The first-order valence-corrected chi connectivity index (χ1v) is 11.7. The molecule has 0 spiro atoms.